The molecule has 1 heterocycles. The minimum Gasteiger partial charge on any atom is -0.356 e. The molecule has 1 saturated heterocycles. The summed E-state index contributed by atoms with van der Waals surface area (Å²) in [5.74, 6) is 0.487. The van der Waals surface area contributed by atoms with Gasteiger partial charge in [-0.15, -0.1) is 11.6 Å². The van der Waals surface area contributed by atoms with E-state index in [9.17, 15) is 9.59 Å². The van der Waals surface area contributed by atoms with E-state index in [1.54, 1.807) is 4.90 Å². The van der Waals surface area contributed by atoms with E-state index in [0.717, 1.165) is 19.4 Å². The molecule has 0 aliphatic carbocycles. The van der Waals surface area contributed by atoms with Crippen molar-refractivity contribution in [1.82, 2.24) is 10.2 Å². The van der Waals surface area contributed by atoms with Crippen LogP contribution in [0.25, 0.3) is 0 Å². The van der Waals surface area contributed by atoms with E-state index in [1.807, 2.05) is 13.8 Å². The van der Waals surface area contributed by atoms with Crippen molar-refractivity contribution in [2.45, 2.75) is 26.7 Å². The maximum atomic E-state index is 11.5. The van der Waals surface area contributed by atoms with Crippen molar-refractivity contribution in [3.63, 3.8) is 0 Å². The van der Waals surface area contributed by atoms with Gasteiger partial charge in [-0.3, -0.25) is 9.59 Å². The largest absolute Gasteiger partial charge is 0.356 e. The number of carbonyl (C=O) groups excluding carboxylic acids is 2. The van der Waals surface area contributed by atoms with Crippen molar-refractivity contribution in [1.29, 1.82) is 0 Å². The predicted octanol–water partition coefficient (Wildman–Crippen LogP) is 1.24. The van der Waals surface area contributed by atoms with Crippen LogP contribution in [0.15, 0.2) is 0 Å². The van der Waals surface area contributed by atoms with Crippen LogP contribution in [0.3, 0.4) is 0 Å². The topological polar surface area (TPSA) is 49.4 Å². The van der Waals surface area contributed by atoms with Gasteiger partial charge in [-0.2, -0.15) is 0 Å². The quantitative estimate of drug-likeness (QED) is 0.773. The number of rotatable bonds is 4. The fourth-order valence-electron chi connectivity index (χ4n) is 1.99. The Bertz CT molecular complexity index is 282. The standard InChI is InChI=1S/C12H21ClN2O2/c1-9(2)12(17)14-7-10-4-3-5-15(8-10)11(16)6-13/h9-10H,3-8H2,1-2H3,(H,14,17). The van der Waals surface area contributed by atoms with Gasteiger partial charge in [-0.25, -0.2) is 0 Å². The van der Waals surface area contributed by atoms with E-state index in [2.05, 4.69) is 5.32 Å². The Morgan fingerprint density at radius 3 is 2.76 bits per heavy atom. The molecular weight excluding hydrogens is 240 g/mol. The van der Waals surface area contributed by atoms with Crippen LogP contribution >= 0.6 is 11.6 Å². The van der Waals surface area contributed by atoms with Crippen molar-refractivity contribution in [3.05, 3.63) is 0 Å². The fourth-order valence-corrected chi connectivity index (χ4v) is 2.16. The van der Waals surface area contributed by atoms with Crippen LogP contribution in [0, 0.1) is 11.8 Å². The molecule has 2 amide bonds. The summed E-state index contributed by atoms with van der Waals surface area (Å²) in [5, 5.41) is 2.92. The van der Waals surface area contributed by atoms with Crippen LogP contribution in [0.5, 0.6) is 0 Å². The zero-order valence-electron chi connectivity index (χ0n) is 10.5. The first-order valence-corrected chi connectivity index (χ1v) is 6.69. The van der Waals surface area contributed by atoms with Gasteiger partial charge in [0.15, 0.2) is 0 Å². The van der Waals surface area contributed by atoms with E-state index in [0.29, 0.717) is 19.0 Å². The van der Waals surface area contributed by atoms with E-state index < -0.39 is 0 Å². The molecule has 0 radical (unpaired) electrons. The fraction of sp³-hybridized carbons (Fsp3) is 0.833. The van der Waals surface area contributed by atoms with Crippen LogP contribution in [0.2, 0.25) is 0 Å². The summed E-state index contributed by atoms with van der Waals surface area (Å²) in [4.78, 5) is 24.7. The SMILES string of the molecule is CC(C)C(=O)NCC1CCCN(C(=O)CCl)C1. The number of amides is 2. The monoisotopic (exact) mass is 260 g/mol. The van der Waals surface area contributed by atoms with Crippen molar-refractivity contribution in [3.8, 4) is 0 Å². The van der Waals surface area contributed by atoms with Crippen molar-refractivity contribution >= 4 is 23.4 Å². The number of piperidine rings is 1. The number of halogens is 1. The minimum atomic E-state index is -0.00782. The molecule has 17 heavy (non-hydrogen) atoms. The molecule has 1 N–H and O–H groups in total. The average molecular weight is 261 g/mol. The van der Waals surface area contributed by atoms with Crippen LogP contribution in [0.1, 0.15) is 26.7 Å². The molecule has 0 spiro atoms. The Hall–Kier alpha value is -0.770. The molecule has 1 rings (SSSR count). The summed E-state index contributed by atoms with van der Waals surface area (Å²) in [6.07, 6.45) is 2.05. The second-order valence-electron chi connectivity index (χ2n) is 4.88. The normalized spacial score (nSPS) is 20.5. The first kappa shape index (κ1) is 14.3. The molecule has 1 aliphatic rings. The average Bonchev–Trinajstić information content (AvgIpc) is 2.35. The molecule has 4 nitrogen and oxygen atoms in total. The summed E-state index contributed by atoms with van der Waals surface area (Å²) in [7, 11) is 0. The molecule has 5 heteroatoms. The number of alkyl halides is 1. The van der Waals surface area contributed by atoms with Gasteiger partial charge in [-0.1, -0.05) is 13.8 Å². The van der Waals surface area contributed by atoms with Crippen LogP contribution in [0.4, 0.5) is 0 Å². The lowest BCUT2D eigenvalue weighted by molar-refractivity contribution is -0.130. The molecule has 0 bridgehead atoms. The highest BCUT2D eigenvalue weighted by atomic mass is 35.5. The maximum absolute atomic E-state index is 11.5. The molecule has 0 saturated carbocycles. The highest BCUT2D eigenvalue weighted by molar-refractivity contribution is 6.27. The summed E-state index contributed by atoms with van der Waals surface area (Å²) >= 11 is 5.54. The van der Waals surface area contributed by atoms with Gasteiger partial charge in [0, 0.05) is 25.6 Å². The summed E-state index contributed by atoms with van der Waals surface area (Å²) < 4.78 is 0. The van der Waals surface area contributed by atoms with Crippen LogP contribution in [-0.4, -0.2) is 42.2 Å². The molecule has 1 fully saturated rings. The molecule has 0 aromatic heterocycles. The number of nitrogens with one attached hydrogen (secondary N) is 1. The van der Waals surface area contributed by atoms with Gasteiger partial charge >= 0.3 is 0 Å². The number of likely N-dealkylation sites (tertiary alicyclic amines) is 1. The van der Waals surface area contributed by atoms with Gasteiger partial charge in [-0.05, 0) is 18.8 Å². The van der Waals surface area contributed by atoms with Gasteiger partial charge in [0.1, 0.15) is 5.88 Å². The Labute approximate surface area is 108 Å². The first-order chi connectivity index (χ1) is 8.04. The lowest BCUT2D eigenvalue weighted by Crippen LogP contribution is -2.44. The Balaban J connectivity index is 2.35. The third-order valence-electron chi connectivity index (χ3n) is 3.08. The molecular formula is C12H21ClN2O2. The van der Waals surface area contributed by atoms with Gasteiger partial charge in [0.25, 0.3) is 0 Å². The van der Waals surface area contributed by atoms with Gasteiger partial charge < -0.3 is 10.2 Å². The van der Waals surface area contributed by atoms with Crippen molar-refractivity contribution in [2.24, 2.45) is 11.8 Å². The summed E-state index contributed by atoms with van der Waals surface area (Å²) in [5.41, 5.74) is 0. The summed E-state index contributed by atoms with van der Waals surface area (Å²) in [6.45, 7) is 5.91. The highest BCUT2D eigenvalue weighted by Crippen LogP contribution is 2.16. The third kappa shape index (κ3) is 4.54. The number of carbonyl (C=O) groups is 2. The number of nitrogens with zero attached hydrogens (tertiary/aromatic N) is 1. The molecule has 1 atom stereocenters. The second-order valence-corrected chi connectivity index (χ2v) is 5.15. The molecule has 1 aliphatic heterocycles. The number of hydrogen-bond acceptors (Lipinski definition) is 2. The van der Waals surface area contributed by atoms with E-state index >= 15 is 0 Å². The lowest BCUT2D eigenvalue weighted by Gasteiger charge is -2.32. The van der Waals surface area contributed by atoms with Gasteiger partial charge in [0.05, 0.1) is 0 Å². The predicted molar refractivity (Wildman–Crippen MR) is 67.9 cm³/mol. The molecule has 0 aromatic rings. The smallest absolute Gasteiger partial charge is 0.237 e. The van der Waals surface area contributed by atoms with Gasteiger partial charge in [0.2, 0.25) is 11.8 Å². The molecule has 0 aromatic carbocycles. The zero-order chi connectivity index (χ0) is 12.8. The minimum absolute atomic E-state index is 0.00782. The van der Waals surface area contributed by atoms with E-state index in [4.69, 9.17) is 11.6 Å². The molecule has 1 unspecified atom stereocenters. The molecule has 98 valence electrons. The van der Waals surface area contributed by atoms with Crippen molar-refractivity contribution < 1.29 is 9.59 Å². The Kier molecular flexibility index (Phi) is 5.75. The lowest BCUT2D eigenvalue weighted by atomic mass is 9.97. The highest BCUT2D eigenvalue weighted by Gasteiger charge is 2.23. The first-order valence-electron chi connectivity index (χ1n) is 6.16. The van der Waals surface area contributed by atoms with Crippen LogP contribution in [-0.2, 0) is 9.59 Å². The number of hydrogen-bond donors (Lipinski definition) is 1. The second kappa shape index (κ2) is 6.84. The summed E-state index contributed by atoms with van der Waals surface area (Å²) in [6, 6.07) is 0. The van der Waals surface area contributed by atoms with Crippen LogP contribution < -0.4 is 5.32 Å². The van der Waals surface area contributed by atoms with E-state index in [1.165, 1.54) is 0 Å². The maximum Gasteiger partial charge on any atom is 0.237 e. The zero-order valence-corrected chi connectivity index (χ0v) is 11.3. The Morgan fingerprint density at radius 1 is 1.47 bits per heavy atom. The Morgan fingerprint density at radius 2 is 2.18 bits per heavy atom. The third-order valence-corrected chi connectivity index (χ3v) is 3.30. The van der Waals surface area contributed by atoms with Crippen molar-refractivity contribution in [2.75, 3.05) is 25.5 Å². The van der Waals surface area contributed by atoms with E-state index in [-0.39, 0.29) is 23.6 Å².